The van der Waals surface area contributed by atoms with E-state index >= 15 is 0 Å². The molecule has 1 heterocycles. The van der Waals surface area contributed by atoms with Gasteiger partial charge in [-0.1, -0.05) is 6.07 Å². The van der Waals surface area contributed by atoms with Crippen molar-refractivity contribution in [3.63, 3.8) is 0 Å². The van der Waals surface area contributed by atoms with E-state index in [-0.39, 0.29) is 35.6 Å². The molecule has 0 aliphatic heterocycles. The number of unbranched alkanes of at least 4 members (excludes halogenated alkanes) is 1. The molecule has 1 atom stereocenters. The van der Waals surface area contributed by atoms with Crippen molar-refractivity contribution >= 4 is 15.9 Å². The lowest BCUT2D eigenvalue weighted by Crippen LogP contribution is -2.28. The molecular weight excluding hydrogens is 356 g/mol. The van der Waals surface area contributed by atoms with E-state index in [1.165, 1.54) is 18.2 Å². The summed E-state index contributed by atoms with van der Waals surface area (Å²) in [5.41, 5.74) is 1.12. The summed E-state index contributed by atoms with van der Waals surface area (Å²) < 4.78 is 28.7. The lowest BCUT2D eigenvalue weighted by atomic mass is 10.1. The van der Waals surface area contributed by atoms with Gasteiger partial charge in [-0.3, -0.25) is 9.48 Å². The van der Waals surface area contributed by atoms with Gasteiger partial charge in [0.15, 0.2) is 0 Å². The number of amides is 1. The zero-order valence-electron chi connectivity index (χ0n) is 14.8. The number of aromatic nitrogens is 2. The lowest BCUT2D eigenvalue weighted by molar-refractivity contribution is 0.0939. The number of benzene rings is 1. The molecule has 1 amide bonds. The summed E-state index contributed by atoms with van der Waals surface area (Å²) >= 11 is 0. The minimum Gasteiger partial charge on any atom is -0.396 e. The first-order valence-electron chi connectivity index (χ1n) is 8.33. The van der Waals surface area contributed by atoms with Gasteiger partial charge in [0.05, 0.1) is 17.1 Å². The fourth-order valence-electron chi connectivity index (χ4n) is 2.36. The molecule has 0 spiro atoms. The predicted molar refractivity (Wildman–Crippen MR) is 97.0 cm³/mol. The third kappa shape index (κ3) is 5.38. The van der Waals surface area contributed by atoms with Crippen LogP contribution in [0.1, 0.15) is 41.7 Å². The Morgan fingerprint density at radius 3 is 2.77 bits per heavy atom. The maximum absolute atomic E-state index is 12.4. The van der Waals surface area contributed by atoms with E-state index in [1.807, 2.05) is 13.1 Å². The van der Waals surface area contributed by atoms with E-state index < -0.39 is 10.0 Å². The molecule has 2 rings (SSSR count). The van der Waals surface area contributed by atoms with E-state index in [2.05, 4.69) is 15.1 Å². The van der Waals surface area contributed by atoms with Gasteiger partial charge in [0.25, 0.3) is 5.91 Å². The molecule has 0 fully saturated rings. The highest BCUT2D eigenvalue weighted by atomic mass is 32.2. The van der Waals surface area contributed by atoms with Gasteiger partial charge < -0.3 is 10.4 Å². The van der Waals surface area contributed by atoms with Gasteiger partial charge >= 0.3 is 0 Å². The van der Waals surface area contributed by atoms with Gasteiger partial charge in [-0.25, -0.2) is 13.1 Å². The molecule has 0 aliphatic rings. The molecule has 8 nitrogen and oxygen atoms in total. The van der Waals surface area contributed by atoms with Crippen LogP contribution in [0.4, 0.5) is 0 Å². The Labute approximate surface area is 153 Å². The number of aliphatic hydroxyl groups is 1. The van der Waals surface area contributed by atoms with Crippen LogP contribution in [-0.2, 0) is 17.1 Å². The summed E-state index contributed by atoms with van der Waals surface area (Å²) in [4.78, 5) is 12.5. The van der Waals surface area contributed by atoms with E-state index in [0.29, 0.717) is 12.8 Å². The average molecular weight is 380 g/mol. The predicted octanol–water partition coefficient (Wildman–Crippen LogP) is 0.962. The second-order valence-electron chi connectivity index (χ2n) is 6.00. The number of hydrogen-bond acceptors (Lipinski definition) is 5. The lowest BCUT2D eigenvalue weighted by Gasteiger charge is -2.13. The van der Waals surface area contributed by atoms with Crippen LogP contribution in [0.2, 0.25) is 0 Å². The molecule has 3 N–H and O–H groups in total. The molecule has 142 valence electrons. The Kier molecular flexibility index (Phi) is 6.90. The smallest absolute Gasteiger partial charge is 0.251 e. The van der Waals surface area contributed by atoms with Crippen LogP contribution in [0.5, 0.6) is 0 Å². The molecule has 0 radical (unpaired) electrons. The van der Waals surface area contributed by atoms with Gasteiger partial charge in [-0.2, -0.15) is 5.10 Å². The molecule has 9 heteroatoms. The molecule has 1 aromatic heterocycles. The van der Waals surface area contributed by atoms with Crippen LogP contribution in [0.15, 0.2) is 41.6 Å². The maximum atomic E-state index is 12.4. The first-order valence-corrected chi connectivity index (χ1v) is 9.82. The van der Waals surface area contributed by atoms with Crippen LogP contribution >= 0.6 is 0 Å². The van der Waals surface area contributed by atoms with Crippen molar-refractivity contribution in [2.24, 2.45) is 7.05 Å². The number of nitrogens with one attached hydrogen (secondary N) is 2. The van der Waals surface area contributed by atoms with Crippen LogP contribution in [0, 0.1) is 0 Å². The second kappa shape index (κ2) is 8.93. The highest BCUT2D eigenvalue weighted by Gasteiger charge is 2.17. The summed E-state index contributed by atoms with van der Waals surface area (Å²) in [6.07, 6.45) is 4.54. The molecule has 26 heavy (non-hydrogen) atoms. The third-order valence-corrected chi connectivity index (χ3v) is 5.31. The van der Waals surface area contributed by atoms with E-state index in [9.17, 15) is 13.2 Å². The van der Waals surface area contributed by atoms with Crippen molar-refractivity contribution < 1.29 is 18.3 Å². The summed E-state index contributed by atoms with van der Waals surface area (Å²) in [5, 5.41) is 15.6. The SMILES string of the molecule is CC(NC(=O)c1cccc(S(=O)(=O)NCCCCO)c1)c1cnn(C)c1. The highest BCUT2D eigenvalue weighted by Crippen LogP contribution is 2.15. The van der Waals surface area contributed by atoms with Crippen molar-refractivity contribution in [2.75, 3.05) is 13.2 Å². The molecule has 0 saturated carbocycles. The standard InChI is InChI=1S/C17H24N4O4S/c1-13(15-11-18-21(2)12-15)20-17(23)14-6-5-7-16(10-14)26(24,25)19-8-3-4-9-22/h5-7,10-13,19,22H,3-4,8-9H2,1-2H3,(H,20,23). The van der Waals surface area contributed by atoms with Crippen LogP contribution in [-0.4, -0.2) is 42.4 Å². The quantitative estimate of drug-likeness (QED) is 0.561. The van der Waals surface area contributed by atoms with Crippen LogP contribution in [0.3, 0.4) is 0 Å². The van der Waals surface area contributed by atoms with Crippen molar-refractivity contribution in [2.45, 2.75) is 30.7 Å². The number of rotatable bonds is 9. The third-order valence-electron chi connectivity index (χ3n) is 3.86. The minimum absolute atomic E-state index is 0.0203. The maximum Gasteiger partial charge on any atom is 0.251 e. The van der Waals surface area contributed by atoms with Gasteiger partial charge in [0, 0.05) is 37.5 Å². The molecule has 0 saturated heterocycles. The zero-order chi connectivity index (χ0) is 19.2. The Hall–Kier alpha value is -2.23. The summed E-state index contributed by atoms with van der Waals surface area (Å²) in [5.74, 6) is -0.362. The van der Waals surface area contributed by atoms with E-state index in [1.54, 1.807) is 24.0 Å². The van der Waals surface area contributed by atoms with Crippen molar-refractivity contribution in [1.82, 2.24) is 19.8 Å². The van der Waals surface area contributed by atoms with E-state index in [0.717, 1.165) is 5.56 Å². The van der Waals surface area contributed by atoms with Crippen LogP contribution in [0.25, 0.3) is 0 Å². The van der Waals surface area contributed by atoms with Crippen molar-refractivity contribution in [3.8, 4) is 0 Å². The Morgan fingerprint density at radius 2 is 2.12 bits per heavy atom. The number of aliphatic hydroxyl groups excluding tert-OH is 1. The van der Waals surface area contributed by atoms with Crippen molar-refractivity contribution in [3.05, 3.63) is 47.8 Å². The van der Waals surface area contributed by atoms with Crippen LogP contribution < -0.4 is 10.0 Å². The highest BCUT2D eigenvalue weighted by molar-refractivity contribution is 7.89. The number of aryl methyl sites for hydroxylation is 1. The number of sulfonamides is 1. The van der Waals surface area contributed by atoms with Gasteiger partial charge in [-0.15, -0.1) is 0 Å². The number of carbonyl (C=O) groups is 1. The van der Waals surface area contributed by atoms with E-state index in [4.69, 9.17) is 5.11 Å². The molecule has 1 unspecified atom stereocenters. The average Bonchev–Trinajstić information content (AvgIpc) is 3.05. The fourth-order valence-corrected chi connectivity index (χ4v) is 3.48. The normalized spacial score (nSPS) is 12.7. The Balaban J connectivity index is 2.06. The topological polar surface area (TPSA) is 113 Å². The minimum atomic E-state index is -3.70. The summed E-state index contributed by atoms with van der Waals surface area (Å²) in [6, 6.07) is 5.63. The van der Waals surface area contributed by atoms with Crippen molar-refractivity contribution in [1.29, 1.82) is 0 Å². The van der Waals surface area contributed by atoms with Gasteiger partial charge in [0.2, 0.25) is 10.0 Å². The summed E-state index contributed by atoms with van der Waals surface area (Å²) in [6.45, 7) is 2.09. The Bertz CT molecular complexity index is 848. The largest absolute Gasteiger partial charge is 0.396 e. The first-order chi connectivity index (χ1) is 12.3. The van der Waals surface area contributed by atoms with Gasteiger partial charge in [0.1, 0.15) is 0 Å². The second-order valence-corrected chi connectivity index (χ2v) is 7.77. The molecular formula is C17H24N4O4S. The summed E-state index contributed by atoms with van der Waals surface area (Å²) in [7, 11) is -1.91. The molecule has 0 bridgehead atoms. The Morgan fingerprint density at radius 1 is 1.35 bits per heavy atom. The first kappa shape index (κ1) is 20.1. The monoisotopic (exact) mass is 380 g/mol. The number of hydrogen-bond donors (Lipinski definition) is 3. The molecule has 0 aliphatic carbocycles. The zero-order valence-corrected chi connectivity index (χ0v) is 15.7. The van der Waals surface area contributed by atoms with Gasteiger partial charge in [-0.05, 0) is 38.0 Å². The molecule has 1 aromatic carbocycles. The fraction of sp³-hybridized carbons (Fsp3) is 0.412. The number of carbonyl (C=O) groups excluding carboxylic acids is 1. The molecule has 2 aromatic rings. The number of nitrogens with zero attached hydrogens (tertiary/aromatic N) is 2.